The Morgan fingerprint density at radius 1 is 1.22 bits per heavy atom. The highest BCUT2D eigenvalue weighted by Crippen LogP contribution is 2.26. The molecule has 2 aromatic carbocycles. The molecule has 23 heavy (non-hydrogen) atoms. The van der Waals surface area contributed by atoms with E-state index in [9.17, 15) is 9.18 Å². The number of hydrazine groups is 1. The summed E-state index contributed by atoms with van der Waals surface area (Å²) in [5.41, 5.74) is 7.68. The second-order valence-electron chi connectivity index (χ2n) is 5.29. The Morgan fingerprint density at radius 3 is 2.65 bits per heavy atom. The quantitative estimate of drug-likeness (QED) is 0.737. The standard InChI is InChI=1S/C16H14BrClFN3O/c17-12-7-11(19)5-6-13(12)20-16(23)15-8-14(21-22-15)9-1-3-10(18)4-2-9/h1-7,14-15,21-22H,8H2,(H,20,23). The lowest BCUT2D eigenvalue weighted by Gasteiger charge is -2.12. The number of anilines is 1. The van der Waals surface area contributed by atoms with Gasteiger partial charge in [-0.3, -0.25) is 4.79 Å². The van der Waals surface area contributed by atoms with E-state index in [2.05, 4.69) is 32.1 Å². The van der Waals surface area contributed by atoms with Gasteiger partial charge in [0.15, 0.2) is 0 Å². The zero-order valence-electron chi connectivity index (χ0n) is 11.9. The summed E-state index contributed by atoms with van der Waals surface area (Å²) in [4.78, 5) is 12.3. The maximum absolute atomic E-state index is 13.1. The number of halogens is 3. The molecule has 1 heterocycles. The fraction of sp³-hybridized carbons (Fsp3) is 0.188. The number of benzene rings is 2. The molecule has 1 amide bonds. The van der Waals surface area contributed by atoms with Gasteiger partial charge < -0.3 is 5.32 Å². The third-order valence-corrected chi connectivity index (χ3v) is 4.59. The lowest BCUT2D eigenvalue weighted by atomic mass is 10.0. The minimum absolute atomic E-state index is 0.0275. The van der Waals surface area contributed by atoms with Gasteiger partial charge in [-0.25, -0.2) is 15.2 Å². The first-order valence-electron chi connectivity index (χ1n) is 7.05. The molecule has 0 bridgehead atoms. The number of hydrogen-bond acceptors (Lipinski definition) is 3. The van der Waals surface area contributed by atoms with Crippen molar-refractivity contribution in [2.45, 2.75) is 18.5 Å². The normalized spacial score (nSPS) is 20.5. The minimum Gasteiger partial charge on any atom is -0.324 e. The van der Waals surface area contributed by atoms with Gasteiger partial charge in [-0.15, -0.1) is 0 Å². The van der Waals surface area contributed by atoms with Gasteiger partial charge in [0.25, 0.3) is 0 Å². The van der Waals surface area contributed by atoms with E-state index < -0.39 is 0 Å². The van der Waals surface area contributed by atoms with Gasteiger partial charge in [0.1, 0.15) is 11.9 Å². The van der Waals surface area contributed by atoms with Crippen molar-refractivity contribution in [3.63, 3.8) is 0 Å². The Balaban J connectivity index is 1.64. The van der Waals surface area contributed by atoms with Crippen LogP contribution in [0.5, 0.6) is 0 Å². The topological polar surface area (TPSA) is 53.2 Å². The van der Waals surface area contributed by atoms with Gasteiger partial charge in [-0.05, 0) is 58.2 Å². The van der Waals surface area contributed by atoms with Crippen LogP contribution in [-0.2, 0) is 4.79 Å². The molecule has 0 aliphatic carbocycles. The molecule has 2 unspecified atom stereocenters. The smallest absolute Gasteiger partial charge is 0.242 e. The van der Waals surface area contributed by atoms with Gasteiger partial charge in [-0.2, -0.15) is 0 Å². The second kappa shape index (κ2) is 6.97. The summed E-state index contributed by atoms with van der Waals surface area (Å²) in [6, 6.07) is 11.3. The molecule has 1 aliphatic rings. The van der Waals surface area contributed by atoms with Crippen LogP contribution in [0.3, 0.4) is 0 Å². The summed E-state index contributed by atoms with van der Waals surface area (Å²) in [5.74, 6) is -0.542. The molecule has 0 aromatic heterocycles. The maximum atomic E-state index is 13.1. The molecule has 3 rings (SSSR count). The van der Waals surface area contributed by atoms with Gasteiger partial charge in [0.2, 0.25) is 5.91 Å². The van der Waals surface area contributed by atoms with E-state index in [-0.39, 0.29) is 23.8 Å². The van der Waals surface area contributed by atoms with Crippen LogP contribution in [0.2, 0.25) is 5.02 Å². The molecule has 1 saturated heterocycles. The number of hydrogen-bond donors (Lipinski definition) is 3. The van der Waals surface area contributed by atoms with Crippen LogP contribution in [0.15, 0.2) is 46.9 Å². The lowest BCUT2D eigenvalue weighted by Crippen LogP contribution is -2.39. The second-order valence-corrected chi connectivity index (χ2v) is 6.59. The van der Waals surface area contributed by atoms with Gasteiger partial charge in [-0.1, -0.05) is 23.7 Å². The largest absolute Gasteiger partial charge is 0.324 e. The summed E-state index contributed by atoms with van der Waals surface area (Å²) in [7, 11) is 0. The Kier molecular flexibility index (Phi) is 4.96. The summed E-state index contributed by atoms with van der Waals surface area (Å²) < 4.78 is 13.6. The zero-order chi connectivity index (χ0) is 16.4. The SMILES string of the molecule is O=C(Nc1ccc(F)cc1Br)C1CC(c2ccc(Cl)cc2)NN1. The predicted molar refractivity (Wildman–Crippen MR) is 91.6 cm³/mol. The van der Waals surface area contributed by atoms with Crippen molar-refractivity contribution in [3.05, 3.63) is 63.3 Å². The van der Waals surface area contributed by atoms with E-state index >= 15 is 0 Å². The van der Waals surface area contributed by atoms with Crippen molar-refractivity contribution < 1.29 is 9.18 Å². The zero-order valence-corrected chi connectivity index (χ0v) is 14.3. The summed E-state index contributed by atoms with van der Waals surface area (Å²) in [5, 5.41) is 3.46. The summed E-state index contributed by atoms with van der Waals surface area (Å²) >= 11 is 9.12. The Bertz CT molecular complexity index is 726. The molecular formula is C16H14BrClFN3O. The van der Waals surface area contributed by atoms with Crippen LogP contribution in [0, 0.1) is 5.82 Å². The molecule has 4 nitrogen and oxygen atoms in total. The average Bonchev–Trinajstić information content (AvgIpc) is 3.01. The Labute approximate surface area is 146 Å². The molecule has 0 saturated carbocycles. The Hall–Kier alpha value is -1.47. The van der Waals surface area contributed by atoms with Gasteiger partial charge >= 0.3 is 0 Å². The maximum Gasteiger partial charge on any atom is 0.242 e. The molecule has 2 atom stereocenters. The first-order chi connectivity index (χ1) is 11.0. The molecule has 0 spiro atoms. The lowest BCUT2D eigenvalue weighted by molar-refractivity contribution is -0.117. The van der Waals surface area contributed by atoms with Crippen molar-refractivity contribution in [2.75, 3.05) is 5.32 Å². The fourth-order valence-corrected chi connectivity index (χ4v) is 3.03. The molecule has 3 N–H and O–H groups in total. The predicted octanol–water partition coefficient (Wildman–Crippen LogP) is 3.79. The van der Waals surface area contributed by atoms with Crippen LogP contribution in [-0.4, -0.2) is 11.9 Å². The average molecular weight is 399 g/mol. The van der Waals surface area contributed by atoms with Crippen LogP contribution >= 0.6 is 27.5 Å². The van der Waals surface area contributed by atoms with Crippen molar-refractivity contribution in [1.82, 2.24) is 10.9 Å². The molecule has 2 aromatic rings. The highest BCUT2D eigenvalue weighted by atomic mass is 79.9. The van der Waals surface area contributed by atoms with Crippen LogP contribution in [0.1, 0.15) is 18.0 Å². The summed E-state index contributed by atoms with van der Waals surface area (Å²) in [6.45, 7) is 0. The van der Waals surface area contributed by atoms with E-state index in [0.717, 1.165) is 5.56 Å². The molecule has 120 valence electrons. The molecule has 0 radical (unpaired) electrons. The van der Waals surface area contributed by atoms with Crippen molar-refractivity contribution in [2.24, 2.45) is 0 Å². The minimum atomic E-state index is -0.382. The van der Waals surface area contributed by atoms with Crippen molar-refractivity contribution >= 4 is 39.1 Å². The fourth-order valence-electron chi connectivity index (χ4n) is 2.45. The van der Waals surface area contributed by atoms with Crippen molar-refractivity contribution in [1.29, 1.82) is 0 Å². The van der Waals surface area contributed by atoms with Gasteiger partial charge in [0, 0.05) is 15.5 Å². The van der Waals surface area contributed by atoms with Crippen LogP contribution in [0.25, 0.3) is 0 Å². The van der Waals surface area contributed by atoms with E-state index in [1.807, 2.05) is 24.3 Å². The number of rotatable bonds is 3. The number of nitrogens with one attached hydrogen (secondary N) is 3. The van der Waals surface area contributed by atoms with Gasteiger partial charge in [0.05, 0.1) is 5.69 Å². The molecule has 1 aliphatic heterocycles. The molecule has 1 fully saturated rings. The highest BCUT2D eigenvalue weighted by molar-refractivity contribution is 9.10. The number of carbonyl (C=O) groups is 1. The van der Waals surface area contributed by atoms with Crippen LogP contribution in [0.4, 0.5) is 10.1 Å². The van der Waals surface area contributed by atoms with E-state index in [1.54, 1.807) is 0 Å². The molecule has 7 heteroatoms. The van der Waals surface area contributed by atoms with E-state index in [0.29, 0.717) is 21.6 Å². The van der Waals surface area contributed by atoms with Crippen molar-refractivity contribution in [3.8, 4) is 0 Å². The Morgan fingerprint density at radius 2 is 1.96 bits per heavy atom. The number of amides is 1. The first kappa shape index (κ1) is 16.4. The van der Waals surface area contributed by atoms with Crippen LogP contribution < -0.4 is 16.2 Å². The van der Waals surface area contributed by atoms with E-state index in [1.165, 1.54) is 18.2 Å². The summed E-state index contributed by atoms with van der Waals surface area (Å²) in [6.07, 6.45) is 0.603. The third kappa shape index (κ3) is 3.90. The van der Waals surface area contributed by atoms with E-state index in [4.69, 9.17) is 11.6 Å². The number of carbonyl (C=O) groups excluding carboxylic acids is 1. The molecular weight excluding hydrogens is 385 g/mol. The first-order valence-corrected chi connectivity index (χ1v) is 8.22. The highest BCUT2D eigenvalue weighted by Gasteiger charge is 2.30. The third-order valence-electron chi connectivity index (χ3n) is 3.68. The monoisotopic (exact) mass is 397 g/mol.